The Morgan fingerprint density at radius 2 is 1.53 bits per heavy atom. The fourth-order valence-corrected chi connectivity index (χ4v) is 0.817. The lowest BCUT2D eigenvalue weighted by Crippen LogP contribution is -2.15. The van der Waals surface area contributed by atoms with E-state index < -0.39 is 34.9 Å². The number of rotatable bonds is 3. The van der Waals surface area contributed by atoms with Gasteiger partial charge in [0.1, 0.15) is 0 Å². The van der Waals surface area contributed by atoms with Crippen LogP contribution in [0.5, 0.6) is 0 Å². The summed E-state index contributed by atoms with van der Waals surface area (Å²) in [5.41, 5.74) is -2.14. The highest BCUT2D eigenvalue weighted by Gasteiger charge is 2.21. The van der Waals surface area contributed by atoms with Crippen LogP contribution in [0.25, 0.3) is 0 Å². The first-order valence-corrected chi connectivity index (χ1v) is 3.51. The summed E-state index contributed by atoms with van der Waals surface area (Å²) in [6.45, 7) is 0. The van der Waals surface area contributed by atoms with Gasteiger partial charge in [0.15, 0.2) is 11.4 Å². The molecule has 78 valence electrons. The van der Waals surface area contributed by atoms with Gasteiger partial charge in [0.2, 0.25) is 0 Å². The zero-order valence-corrected chi connectivity index (χ0v) is 7.04. The number of carboxylic acid groups (broad SMARTS) is 3. The van der Waals surface area contributed by atoms with Crippen molar-refractivity contribution in [2.24, 2.45) is 0 Å². The molecule has 1 aromatic heterocycles. The van der Waals surface area contributed by atoms with Crippen molar-refractivity contribution in [3.05, 3.63) is 23.0 Å². The SMILES string of the molecule is O=C(O)c1cc(C(=O)O)c(C(=O)O)nn1. The second-order valence-electron chi connectivity index (χ2n) is 2.41. The summed E-state index contributed by atoms with van der Waals surface area (Å²) in [5, 5.41) is 31.7. The van der Waals surface area contributed by atoms with Gasteiger partial charge in [-0.1, -0.05) is 0 Å². The van der Waals surface area contributed by atoms with Gasteiger partial charge in [-0.2, -0.15) is 0 Å². The summed E-state index contributed by atoms with van der Waals surface area (Å²) in [6.07, 6.45) is 0. The summed E-state index contributed by atoms with van der Waals surface area (Å²) in [7, 11) is 0. The van der Waals surface area contributed by atoms with E-state index in [9.17, 15) is 14.4 Å². The molecule has 8 nitrogen and oxygen atoms in total. The molecule has 8 heteroatoms. The van der Waals surface area contributed by atoms with Crippen molar-refractivity contribution in [2.45, 2.75) is 0 Å². The highest BCUT2D eigenvalue weighted by atomic mass is 16.4. The van der Waals surface area contributed by atoms with Gasteiger partial charge in [0.25, 0.3) is 0 Å². The smallest absolute Gasteiger partial charge is 0.357 e. The van der Waals surface area contributed by atoms with Crippen LogP contribution in [0.15, 0.2) is 6.07 Å². The fourth-order valence-electron chi connectivity index (χ4n) is 0.817. The highest BCUT2D eigenvalue weighted by molar-refractivity contribution is 6.01. The minimum absolute atomic E-state index is 0.627. The molecule has 0 aliphatic heterocycles. The quantitative estimate of drug-likeness (QED) is 0.613. The van der Waals surface area contributed by atoms with E-state index in [4.69, 9.17) is 15.3 Å². The first-order valence-electron chi connectivity index (χ1n) is 3.51. The molecule has 0 saturated carbocycles. The minimum atomic E-state index is -1.59. The molecule has 1 heterocycles. The standard InChI is InChI=1S/C7H4N2O6/c10-5(11)2-1-3(6(12)13)8-9-4(2)7(14)15/h1H,(H,10,11)(H,12,13)(H,14,15). The maximum atomic E-state index is 10.6. The molecular formula is C7H4N2O6. The molecule has 0 aliphatic rings. The molecule has 0 aliphatic carbocycles. The van der Waals surface area contributed by atoms with Crippen LogP contribution < -0.4 is 0 Å². The van der Waals surface area contributed by atoms with Crippen LogP contribution in [0.4, 0.5) is 0 Å². The van der Waals surface area contributed by atoms with Crippen molar-refractivity contribution in [1.29, 1.82) is 0 Å². The second kappa shape index (κ2) is 3.70. The zero-order valence-electron chi connectivity index (χ0n) is 7.04. The molecular weight excluding hydrogens is 208 g/mol. The van der Waals surface area contributed by atoms with Crippen LogP contribution in [0.1, 0.15) is 31.3 Å². The molecule has 0 fully saturated rings. The van der Waals surface area contributed by atoms with Crippen molar-refractivity contribution >= 4 is 17.9 Å². The summed E-state index contributed by atoms with van der Waals surface area (Å²) < 4.78 is 0. The Morgan fingerprint density at radius 1 is 0.933 bits per heavy atom. The first kappa shape index (κ1) is 10.6. The van der Waals surface area contributed by atoms with E-state index in [0.29, 0.717) is 6.07 Å². The number of aromatic carboxylic acids is 3. The number of aromatic nitrogens is 2. The Bertz CT molecular complexity index is 455. The zero-order chi connectivity index (χ0) is 11.6. The van der Waals surface area contributed by atoms with Crippen LogP contribution in [0, 0.1) is 0 Å². The monoisotopic (exact) mass is 212 g/mol. The van der Waals surface area contributed by atoms with Gasteiger partial charge in [-0.15, -0.1) is 10.2 Å². The summed E-state index contributed by atoms with van der Waals surface area (Å²) in [5.74, 6) is -4.65. The lowest BCUT2D eigenvalue weighted by atomic mass is 10.2. The van der Waals surface area contributed by atoms with Gasteiger partial charge in [-0.25, -0.2) is 14.4 Å². The highest BCUT2D eigenvalue weighted by Crippen LogP contribution is 2.07. The number of hydrogen-bond acceptors (Lipinski definition) is 5. The molecule has 0 saturated heterocycles. The van der Waals surface area contributed by atoms with E-state index in [1.165, 1.54) is 0 Å². The van der Waals surface area contributed by atoms with Crippen LogP contribution in [0.2, 0.25) is 0 Å². The van der Waals surface area contributed by atoms with Crippen LogP contribution in [0.3, 0.4) is 0 Å². The summed E-state index contributed by atoms with van der Waals surface area (Å²) in [6, 6.07) is 0.640. The van der Waals surface area contributed by atoms with Crippen molar-refractivity contribution in [1.82, 2.24) is 10.2 Å². The van der Waals surface area contributed by atoms with Crippen molar-refractivity contribution in [3.8, 4) is 0 Å². The maximum Gasteiger partial charge on any atom is 0.357 e. The molecule has 0 amide bonds. The van der Waals surface area contributed by atoms with E-state index in [1.54, 1.807) is 0 Å². The third-order valence-corrected chi connectivity index (χ3v) is 1.45. The number of carboxylic acids is 3. The van der Waals surface area contributed by atoms with Gasteiger partial charge >= 0.3 is 17.9 Å². The molecule has 0 atom stereocenters. The van der Waals surface area contributed by atoms with E-state index in [2.05, 4.69) is 10.2 Å². The third kappa shape index (κ3) is 2.05. The average Bonchev–Trinajstić information content (AvgIpc) is 2.16. The van der Waals surface area contributed by atoms with Crippen LogP contribution in [-0.4, -0.2) is 43.4 Å². The van der Waals surface area contributed by atoms with Gasteiger partial charge in [-0.3, -0.25) is 0 Å². The topological polar surface area (TPSA) is 138 Å². The van der Waals surface area contributed by atoms with E-state index >= 15 is 0 Å². The van der Waals surface area contributed by atoms with Crippen LogP contribution >= 0.6 is 0 Å². The number of carbonyl (C=O) groups is 3. The molecule has 0 spiro atoms. The molecule has 0 radical (unpaired) electrons. The largest absolute Gasteiger partial charge is 0.478 e. The van der Waals surface area contributed by atoms with Crippen molar-refractivity contribution in [3.63, 3.8) is 0 Å². The van der Waals surface area contributed by atoms with Gasteiger partial charge in [0.05, 0.1) is 5.56 Å². The van der Waals surface area contributed by atoms with E-state index in [1.807, 2.05) is 0 Å². The predicted molar refractivity (Wildman–Crippen MR) is 42.9 cm³/mol. The number of nitrogens with zero attached hydrogens (tertiary/aromatic N) is 2. The molecule has 1 rings (SSSR count). The molecule has 0 bridgehead atoms. The molecule has 1 aromatic rings. The van der Waals surface area contributed by atoms with Gasteiger partial charge in [0, 0.05) is 0 Å². The first-order chi connectivity index (χ1) is 6.93. The minimum Gasteiger partial charge on any atom is -0.478 e. The second-order valence-corrected chi connectivity index (χ2v) is 2.41. The normalized spacial score (nSPS) is 9.60. The Morgan fingerprint density at radius 3 is 1.93 bits per heavy atom. The van der Waals surface area contributed by atoms with Gasteiger partial charge < -0.3 is 15.3 Å². The number of hydrogen-bond donors (Lipinski definition) is 3. The molecule has 15 heavy (non-hydrogen) atoms. The van der Waals surface area contributed by atoms with Crippen LogP contribution in [-0.2, 0) is 0 Å². The Labute approximate surface area is 81.8 Å². The third-order valence-electron chi connectivity index (χ3n) is 1.45. The lowest BCUT2D eigenvalue weighted by Gasteiger charge is -1.99. The molecule has 3 N–H and O–H groups in total. The van der Waals surface area contributed by atoms with E-state index in [0.717, 1.165) is 0 Å². The van der Waals surface area contributed by atoms with E-state index in [-0.39, 0.29) is 0 Å². The summed E-state index contributed by atoms with van der Waals surface area (Å²) >= 11 is 0. The molecule has 0 unspecified atom stereocenters. The average molecular weight is 212 g/mol. The fraction of sp³-hybridized carbons (Fsp3) is 0. The Hall–Kier alpha value is -2.51. The Kier molecular flexibility index (Phi) is 2.61. The maximum absolute atomic E-state index is 10.6. The summed E-state index contributed by atoms with van der Waals surface area (Å²) in [4.78, 5) is 31.5. The lowest BCUT2D eigenvalue weighted by molar-refractivity contribution is 0.0640. The van der Waals surface area contributed by atoms with Crippen molar-refractivity contribution < 1.29 is 29.7 Å². The molecule has 0 aromatic carbocycles. The predicted octanol–water partition coefficient (Wildman–Crippen LogP) is -0.429. The Balaban J connectivity index is 3.40. The van der Waals surface area contributed by atoms with Gasteiger partial charge in [-0.05, 0) is 6.07 Å². The van der Waals surface area contributed by atoms with Crippen molar-refractivity contribution in [2.75, 3.05) is 0 Å².